The molecule has 1 N–H and O–H groups in total. The van der Waals surface area contributed by atoms with Crippen LogP contribution in [0.25, 0.3) is 5.69 Å². The van der Waals surface area contributed by atoms with Gasteiger partial charge < -0.3 is 5.32 Å². The van der Waals surface area contributed by atoms with Crippen molar-refractivity contribution in [3.05, 3.63) is 47.8 Å². The molecule has 19 heavy (non-hydrogen) atoms. The topological polar surface area (TPSA) is 29.9 Å². The van der Waals surface area contributed by atoms with Gasteiger partial charge in [-0.3, -0.25) is 4.57 Å². The van der Waals surface area contributed by atoms with Gasteiger partial charge >= 0.3 is 0 Å². The van der Waals surface area contributed by atoms with E-state index in [1.165, 1.54) is 10.9 Å². The fourth-order valence-electron chi connectivity index (χ4n) is 2.41. The zero-order valence-electron chi connectivity index (χ0n) is 10.0. The summed E-state index contributed by atoms with van der Waals surface area (Å²) in [6.45, 7) is 1.66. The summed E-state index contributed by atoms with van der Waals surface area (Å²) < 4.78 is 41.5. The van der Waals surface area contributed by atoms with Gasteiger partial charge in [-0.1, -0.05) is 0 Å². The highest BCUT2D eigenvalue weighted by Crippen LogP contribution is 2.26. The van der Waals surface area contributed by atoms with E-state index in [4.69, 9.17) is 0 Å². The minimum absolute atomic E-state index is 0.0155. The zero-order valence-corrected chi connectivity index (χ0v) is 10.0. The Morgan fingerprint density at radius 2 is 1.95 bits per heavy atom. The average Bonchev–Trinajstić information content (AvgIpc) is 3.03. The first-order chi connectivity index (χ1) is 9.16. The molecule has 3 rings (SSSR count). The molecular weight excluding hydrogens is 255 g/mol. The van der Waals surface area contributed by atoms with Crippen molar-refractivity contribution in [1.29, 1.82) is 0 Å². The third kappa shape index (κ3) is 2.12. The first kappa shape index (κ1) is 12.2. The van der Waals surface area contributed by atoms with E-state index in [1.807, 2.05) is 0 Å². The van der Waals surface area contributed by atoms with Gasteiger partial charge in [0.05, 0.1) is 12.0 Å². The van der Waals surface area contributed by atoms with Crippen LogP contribution in [0.3, 0.4) is 0 Å². The van der Waals surface area contributed by atoms with Crippen LogP contribution in [-0.4, -0.2) is 22.6 Å². The fourth-order valence-corrected chi connectivity index (χ4v) is 2.41. The number of imidazole rings is 1. The third-order valence-corrected chi connectivity index (χ3v) is 3.39. The Hall–Kier alpha value is -1.82. The molecule has 1 aromatic carbocycles. The lowest BCUT2D eigenvalue weighted by molar-refractivity contribution is 0.492. The van der Waals surface area contributed by atoms with E-state index in [0.717, 1.165) is 31.3 Å². The van der Waals surface area contributed by atoms with Gasteiger partial charge in [0.2, 0.25) is 0 Å². The molecule has 0 bridgehead atoms. The van der Waals surface area contributed by atoms with E-state index in [2.05, 4.69) is 10.3 Å². The van der Waals surface area contributed by atoms with Crippen molar-refractivity contribution < 1.29 is 13.2 Å². The maximum absolute atomic E-state index is 13.8. The summed E-state index contributed by atoms with van der Waals surface area (Å²) in [7, 11) is 0. The van der Waals surface area contributed by atoms with Crippen molar-refractivity contribution in [2.24, 2.45) is 0 Å². The summed E-state index contributed by atoms with van der Waals surface area (Å²) >= 11 is 0. The Kier molecular flexibility index (Phi) is 3.02. The van der Waals surface area contributed by atoms with E-state index < -0.39 is 17.5 Å². The van der Waals surface area contributed by atoms with Crippen molar-refractivity contribution >= 4 is 0 Å². The molecule has 0 radical (unpaired) electrons. The summed E-state index contributed by atoms with van der Waals surface area (Å²) in [6.07, 6.45) is 3.97. The molecule has 100 valence electrons. The second-order valence-electron chi connectivity index (χ2n) is 4.60. The molecule has 6 heteroatoms. The van der Waals surface area contributed by atoms with E-state index in [-0.39, 0.29) is 11.6 Å². The number of nitrogens with zero attached hydrogens (tertiary/aromatic N) is 2. The highest BCUT2D eigenvalue weighted by Gasteiger charge is 2.22. The predicted molar refractivity (Wildman–Crippen MR) is 63.7 cm³/mol. The average molecular weight is 267 g/mol. The SMILES string of the molecule is Fc1cc(F)c(-n2cncc2C2CCNC2)cc1F. The minimum atomic E-state index is -1.19. The van der Waals surface area contributed by atoms with Crippen LogP contribution < -0.4 is 5.32 Å². The van der Waals surface area contributed by atoms with E-state index in [1.54, 1.807) is 6.20 Å². The molecule has 1 atom stereocenters. The van der Waals surface area contributed by atoms with Gasteiger partial charge in [-0.2, -0.15) is 0 Å². The smallest absolute Gasteiger partial charge is 0.161 e. The normalized spacial score (nSPS) is 19.0. The molecular formula is C13H12F3N3. The molecule has 1 aromatic heterocycles. The Morgan fingerprint density at radius 3 is 2.68 bits per heavy atom. The number of halogens is 3. The Balaban J connectivity index is 2.07. The molecule has 3 nitrogen and oxygen atoms in total. The first-order valence-corrected chi connectivity index (χ1v) is 6.04. The lowest BCUT2D eigenvalue weighted by atomic mass is 10.1. The van der Waals surface area contributed by atoms with Crippen molar-refractivity contribution in [2.75, 3.05) is 13.1 Å². The van der Waals surface area contributed by atoms with Gasteiger partial charge in [0.15, 0.2) is 11.6 Å². The Morgan fingerprint density at radius 1 is 1.16 bits per heavy atom. The number of rotatable bonds is 2. The molecule has 1 aliphatic heterocycles. The third-order valence-electron chi connectivity index (χ3n) is 3.39. The van der Waals surface area contributed by atoms with Gasteiger partial charge in [0.1, 0.15) is 5.82 Å². The van der Waals surface area contributed by atoms with Gasteiger partial charge in [0, 0.05) is 36.5 Å². The van der Waals surface area contributed by atoms with Crippen LogP contribution in [0.15, 0.2) is 24.7 Å². The van der Waals surface area contributed by atoms with Crippen LogP contribution in [-0.2, 0) is 0 Å². The van der Waals surface area contributed by atoms with Crippen molar-refractivity contribution in [3.63, 3.8) is 0 Å². The van der Waals surface area contributed by atoms with Crippen LogP contribution in [0.5, 0.6) is 0 Å². The standard InChI is InChI=1S/C13H12F3N3/c14-9-3-11(16)12(4-10(9)15)19-7-18-6-13(19)8-1-2-17-5-8/h3-4,6-8,17H,1-2,5H2. The molecule has 0 saturated carbocycles. The fraction of sp³-hybridized carbons (Fsp3) is 0.308. The van der Waals surface area contributed by atoms with Gasteiger partial charge in [-0.15, -0.1) is 0 Å². The van der Waals surface area contributed by atoms with Gasteiger partial charge in [-0.05, 0) is 13.0 Å². The second kappa shape index (κ2) is 4.70. The van der Waals surface area contributed by atoms with E-state index in [9.17, 15) is 13.2 Å². The molecule has 1 aliphatic rings. The summed E-state index contributed by atoms with van der Waals surface area (Å²) in [4.78, 5) is 3.99. The van der Waals surface area contributed by atoms with E-state index in [0.29, 0.717) is 6.07 Å². The van der Waals surface area contributed by atoms with Gasteiger partial charge in [-0.25, -0.2) is 18.2 Å². The number of hydrogen-bond donors (Lipinski definition) is 1. The highest BCUT2D eigenvalue weighted by molar-refractivity contribution is 5.37. The van der Waals surface area contributed by atoms with Crippen molar-refractivity contribution in [2.45, 2.75) is 12.3 Å². The van der Waals surface area contributed by atoms with Crippen molar-refractivity contribution in [1.82, 2.24) is 14.9 Å². The van der Waals surface area contributed by atoms with Crippen LogP contribution in [0.4, 0.5) is 13.2 Å². The monoisotopic (exact) mass is 267 g/mol. The number of hydrogen-bond acceptors (Lipinski definition) is 2. The quantitative estimate of drug-likeness (QED) is 0.847. The number of nitrogens with one attached hydrogen (secondary N) is 1. The van der Waals surface area contributed by atoms with Crippen molar-refractivity contribution in [3.8, 4) is 5.69 Å². The molecule has 0 amide bonds. The zero-order chi connectivity index (χ0) is 13.4. The molecule has 0 spiro atoms. The second-order valence-corrected chi connectivity index (χ2v) is 4.60. The number of benzene rings is 1. The molecule has 1 fully saturated rings. The maximum atomic E-state index is 13.8. The predicted octanol–water partition coefficient (Wildman–Crippen LogP) is 2.37. The summed E-state index contributed by atoms with van der Waals surface area (Å²) in [6, 6.07) is 1.42. The molecule has 1 saturated heterocycles. The number of aromatic nitrogens is 2. The largest absolute Gasteiger partial charge is 0.316 e. The van der Waals surface area contributed by atoms with E-state index >= 15 is 0 Å². The lowest BCUT2D eigenvalue weighted by Gasteiger charge is -2.13. The maximum Gasteiger partial charge on any atom is 0.161 e. The molecule has 2 aromatic rings. The lowest BCUT2D eigenvalue weighted by Crippen LogP contribution is -2.11. The summed E-state index contributed by atoms with van der Waals surface area (Å²) in [5.74, 6) is -2.86. The van der Waals surface area contributed by atoms with Crippen LogP contribution >= 0.6 is 0 Å². The van der Waals surface area contributed by atoms with Crippen LogP contribution in [0.2, 0.25) is 0 Å². The molecule has 2 heterocycles. The Labute approximate surface area is 108 Å². The minimum Gasteiger partial charge on any atom is -0.316 e. The summed E-state index contributed by atoms with van der Waals surface area (Å²) in [5, 5.41) is 3.21. The molecule has 0 aliphatic carbocycles. The first-order valence-electron chi connectivity index (χ1n) is 6.04. The van der Waals surface area contributed by atoms with Crippen LogP contribution in [0, 0.1) is 17.5 Å². The molecule has 1 unspecified atom stereocenters. The van der Waals surface area contributed by atoms with Gasteiger partial charge in [0.25, 0.3) is 0 Å². The van der Waals surface area contributed by atoms with Crippen LogP contribution in [0.1, 0.15) is 18.0 Å². The Bertz CT molecular complexity index is 603. The highest BCUT2D eigenvalue weighted by atomic mass is 19.2. The summed E-state index contributed by atoms with van der Waals surface area (Å²) in [5.41, 5.74) is 0.785.